The smallest absolute Gasteiger partial charge is 0.220 e. The topological polar surface area (TPSA) is 54.9 Å². The van der Waals surface area contributed by atoms with E-state index < -0.39 is 0 Å². The number of thiophene rings is 1. The molecule has 86 valence electrons. The minimum Gasteiger partial charge on any atom is -0.355 e. The number of nitrogens with zero attached hydrogens (tertiary/aromatic N) is 2. The van der Waals surface area contributed by atoms with Crippen molar-refractivity contribution in [2.24, 2.45) is 0 Å². The van der Waals surface area contributed by atoms with Crippen molar-refractivity contribution in [3.05, 3.63) is 35.6 Å². The molecule has 1 N–H and O–H groups in total. The first-order valence-electron chi connectivity index (χ1n) is 5.46. The summed E-state index contributed by atoms with van der Waals surface area (Å²) in [6, 6.07) is 6.05. The molecule has 1 amide bonds. The Labute approximate surface area is 103 Å². The maximum Gasteiger partial charge on any atom is 0.220 e. The van der Waals surface area contributed by atoms with Gasteiger partial charge in [-0.1, -0.05) is 0 Å². The standard InChI is InChI=1S/C12H11N3OS/c16-12-5-8(6-14-12)10-1-2-11(17-10)9-3-4-13-7-15-9/h1-4,7-8H,5-6H2,(H,14,16). The van der Waals surface area contributed by atoms with E-state index in [0.29, 0.717) is 12.3 Å². The van der Waals surface area contributed by atoms with Crippen LogP contribution >= 0.6 is 11.3 Å². The Morgan fingerprint density at radius 3 is 3.00 bits per heavy atom. The molecule has 3 rings (SSSR count). The van der Waals surface area contributed by atoms with Crippen LogP contribution in [0, 0.1) is 0 Å². The molecule has 1 atom stereocenters. The minimum atomic E-state index is 0.145. The lowest BCUT2D eigenvalue weighted by Gasteiger charge is -2.02. The first-order chi connectivity index (χ1) is 8.33. The van der Waals surface area contributed by atoms with Gasteiger partial charge in [-0.2, -0.15) is 0 Å². The van der Waals surface area contributed by atoms with E-state index in [1.165, 1.54) is 4.88 Å². The lowest BCUT2D eigenvalue weighted by atomic mass is 10.1. The van der Waals surface area contributed by atoms with E-state index in [2.05, 4.69) is 27.4 Å². The largest absolute Gasteiger partial charge is 0.355 e. The Morgan fingerprint density at radius 1 is 1.35 bits per heavy atom. The molecule has 1 saturated heterocycles. The Bertz CT molecular complexity index is 538. The normalized spacial score (nSPS) is 19.3. The van der Waals surface area contributed by atoms with E-state index in [9.17, 15) is 4.79 Å². The molecule has 0 spiro atoms. The highest BCUT2D eigenvalue weighted by Crippen LogP contribution is 2.33. The second-order valence-electron chi connectivity index (χ2n) is 4.00. The molecular weight excluding hydrogens is 234 g/mol. The van der Waals surface area contributed by atoms with Crippen LogP contribution in [0.5, 0.6) is 0 Å². The van der Waals surface area contributed by atoms with Crippen LogP contribution in [0.4, 0.5) is 0 Å². The SMILES string of the molecule is O=C1CC(c2ccc(-c3ccncn3)s2)CN1. The molecule has 2 aromatic heterocycles. The van der Waals surface area contributed by atoms with E-state index >= 15 is 0 Å². The first-order valence-corrected chi connectivity index (χ1v) is 6.27. The molecule has 0 bridgehead atoms. The second kappa shape index (κ2) is 4.25. The molecule has 0 saturated carbocycles. The van der Waals surface area contributed by atoms with Crippen LogP contribution in [0.25, 0.3) is 10.6 Å². The average molecular weight is 245 g/mol. The van der Waals surface area contributed by atoms with Gasteiger partial charge in [-0.15, -0.1) is 11.3 Å². The van der Waals surface area contributed by atoms with Crippen LogP contribution in [0.15, 0.2) is 30.7 Å². The third-order valence-electron chi connectivity index (χ3n) is 2.84. The monoisotopic (exact) mass is 245 g/mol. The van der Waals surface area contributed by atoms with Crippen molar-refractivity contribution in [2.45, 2.75) is 12.3 Å². The number of rotatable bonds is 2. The fourth-order valence-corrected chi connectivity index (χ4v) is 3.04. The van der Waals surface area contributed by atoms with E-state index in [1.807, 2.05) is 6.07 Å². The van der Waals surface area contributed by atoms with Gasteiger partial charge in [-0.25, -0.2) is 9.97 Å². The molecule has 2 aromatic rings. The van der Waals surface area contributed by atoms with Crippen LogP contribution in [0.3, 0.4) is 0 Å². The number of hydrogen-bond acceptors (Lipinski definition) is 4. The molecule has 3 heterocycles. The lowest BCUT2D eigenvalue weighted by molar-refractivity contribution is -0.119. The predicted molar refractivity (Wildman–Crippen MR) is 65.7 cm³/mol. The zero-order chi connectivity index (χ0) is 11.7. The van der Waals surface area contributed by atoms with Crippen molar-refractivity contribution >= 4 is 17.2 Å². The second-order valence-corrected chi connectivity index (χ2v) is 5.12. The van der Waals surface area contributed by atoms with E-state index in [1.54, 1.807) is 23.9 Å². The number of nitrogens with one attached hydrogen (secondary N) is 1. The van der Waals surface area contributed by atoms with Gasteiger partial charge in [-0.05, 0) is 18.2 Å². The highest BCUT2D eigenvalue weighted by Gasteiger charge is 2.24. The zero-order valence-corrected chi connectivity index (χ0v) is 9.91. The fraction of sp³-hybridized carbons (Fsp3) is 0.250. The molecule has 0 aliphatic carbocycles. The zero-order valence-electron chi connectivity index (χ0n) is 9.09. The van der Waals surface area contributed by atoms with Crippen LogP contribution < -0.4 is 5.32 Å². The van der Waals surface area contributed by atoms with Crippen molar-refractivity contribution in [1.82, 2.24) is 15.3 Å². The summed E-state index contributed by atoms with van der Waals surface area (Å²) in [6.45, 7) is 0.753. The summed E-state index contributed by atoms with van der Waals surface area (Å²) in [6.07, 6.45) is 3.89. The summed E-state index contributed by atoms with van der Waals surface area (Å²) in [5.41, 5.74) is 0.938. The molecule has 5 heteroatoms. The van der Waals surface area contributed by atoms with Gasteiger partial charge in [0.05, 0.1) is 10.6 Å². The Hall–Kier alpha value is -1.75. The third-order valence-corrected chi connectivity index (χ3v) is 4.11. The van der Waals surface area contributed by atoms with Crippen LogP contribution in [0.1, 0.15) is 17.2 Å². The molecule has 0 radical (unpaired) electrons. The molecule has 1 aliphatic heterocycles. The Balaban J connectivity index is 1.86. The summed E-state index contributed by atoms with van der Waals surface area (Å²) in [5, 5.41) is 2.86. The summed E-state index contributed by atoms with van der Waals surface area (Å²) in [7, 11) is 0. The maximum atomic E-state index is 11.2. The van der Waals surface area contributed by atoms with E-state index in [0.717, 1.165) is 17.1 Å². The predicted octanol–water partition coefficient (Wildman–Crippen LogP) is 1.81. The fourth-order valence-electron chi connectivity index (χ4n) is 1.95. The number of carbonyl (C=O) groups is 1. The van der Waals surface area contributed by atoms with Crippen LogP contribution in [-0.2, 0) is 4.79 Å². The highest BCUT2D eigenvalue weighted by molar-refractivity contribution is 7.15. The number of carbonyl (C=O) groups excluding carboxylic acids is 1. The molecule has 1 unspecified atom stereocenters. The number of amides is 1. The van der Waals surface area contributed by atoms with E-state index in [-0.39, 0.29) is 5.91 Å². The molecule has 1 aliphatic rings. The number of aromatic nitrogens is 2. The molecule has 17 heavy (non-hydrogen) atoms. The van der Waals surface area contributed by atoms with Crippen LogP contribution in [-0.4, -0.2) is 22.4 Å². The van der Waals surface area contributed by atoms with Gasteiger partial charge >= 0.3 is 0 Å². The quantitative estimate of drug-likeness (QED) is 0.878. The third kappa shape index (κ3) is 2.06. The molecule has 1 fully saturated rings. The van der Waals surface area contributed by atoms with Crippen molar-refractivity contribution in [1.29, 1.82) is 0 Å². The van der Waals surface area contributed by atoms with Gasteiger partial charge in [0, 0.05) is 30.0 Å². The minimum absolute atomic E-state index is 0.145. The van der Waals surface area contributed by atoms with Crippen LogP contribution in [0.2, 0.25) is 0 Å². The molecule has 4 nitrogen and oxygen atoms in total. The van der Waals surface area contributed by atoms with Gasteiger partial charge in [-0.3, -0.25) is 4.79 Å². The highest BCUT2D eigenvalue weighted by atomic mass is 32.1. The van der Waals surface area contributed by atoms with Crippen molar-refractivity contribution in [3.8, 4) is 10.6 Å². The Morgan fingerprint density at radius 2 is 2.29 bits per heavy atom. The van der Waals surface area contributed by atoms with Crippen molar-refractivity contribution < 1.29 is 4.79 Å². The average Bonchev–Trinajstić information content (AvgIpc) is 2.98. The van der Waals surface area contributed by atoms with Crippen molar-refractivity contribution in [3.63, 3.8) is 0 Å². The van der Waals surface area contributed by atoms with Gasteiger partial charge in [0.2, 0.25) is 5.91 Å². The first kappa shape index (κ1) is 10.4. The van der Waals surface area contributed by atoms with E-state index in [4.69, 9.17) is 0 Å². The summed E-state index contributed by atoms with van der Waals surface area (Å²) < 4.78 is 0. The maximum absolute atomic E-state index is 11.2. The lowest BCUT2D eigenvalue weighted by Crippen LogP contribution is -2.13. The van der Waals surface area contributed by atoms with Gasteiger partial charge in [0.1, 0.15) is 6.33 Å². The summed E-state index contributed by atoms with van der Waals surface area (Å²) in [5.74, 6) is 0.468. The molecular formula is C12H11N3OS. The number of hydrogen-bond donors (Lipinski definition) is 1. The summed E-state index contributed by atoms with van der Waals surface area (Å²) >= 11 is 1.70. The van der Waals surface area contributed by atoms with Gasteiger partial charge in [0.25, 0.3) is 0 Å². The van der Waals surface area contributed by atoms with Gasteiger partial charge < -0.3 is 5.32 Å². The van der Waals surface area contributed by atoms with Crippen molar-refractivity contribution in [2.75, 3.05) is 6.54 Å². The Kier molecular flexibility index (Phi) is 2.60. The molecule has 0 aromatic carbocycles. The summed E-state index contributed by atoms with van der Waals surface area (Å²) in [4.78, 5) is 21.7. The van der Waals surface area contributed by atoms with Gasteiger partial charge in [0.15, 0.2) is 0 Å².